The maximum Gasteiger partial charge on any atom is 0.225 e. The van der Waals surface area contributed by atoms with Gasteiger partial charge in [-0.25, -0.2) is 0 Å². The lowest BCUT2D eigenvalue weighted by Crippen LogP contribution is -2.31. The SMILES string of the molecule is COc1ccc(C(NC(=O)Cc2c(Cl)cccc2Cl)C2CC2)cc1. The predicted octanol–water partition coefficient (Wildman–Crippen LogP) is 4.81. The summed E-state index contributed by atoms with van der Waals surface area (Å²) in [5, 5.41) is 4.18. The molecule has 0 saturated heterocycles. The fraction of sp³-hybridized carbons (Fsp3) is 0.316. The summed E-state index contributed by atoms with van der Waals surface area (Å²) in [6.45, 7) is 0. The van der Waals surface area contributed by atoms with Crippen LogP contribution in [-0.2, 0) is 11.2 Å². The van der Waals surface area contributed by atoms with E-state index in [0.717, 1.165) is 24.2 Å². The van der Waals surface area contributed by atoms with Gasteiger partial charge in [0.15, 0.2) is 0 Å². The average Bonchev–Trinajstić information content (AvgIpc) is 3.41. The topological polar surface area (TPSA) is 38.3 Å². The highest BCUT2D eigenvalue weighted by Gasteiger charge is 2.33. The lowest BCUT2D eigenvalue weighted by molar-refractivity contribution is -0.121. The van der Waals surface area contributed by atoms with E-state index >= 15 is 0 Å². The number of hydrogen-bond acceptors (Lipinski definition) is 2. The Labute approximate surface area is 151 Å². The Morgan fingerprint density at radius 2 is 1.79 bits per heavy atom. The van der Waals surface area contributed by atoms with Crippen LogP contribution in [0.5, 0.6) is 5.75 Å². The first-order chi connectivity index (χ1) is 11.6. The summed E-state index contributed by atoms with van der Waals surface area (Å²) in [5.41, 5.74) is 1.76. The molecule has 5 heteroatoms. The number of benzene rings is 2. The van der Waals surface area contributed by atoms with E-state index in [4.69, 9.17) is 27.9 Å². The molecule has 2 aromatic rings. The molecule has 0 aromatic heterocycles. The van der Waals surface area contributed by atoms with Crippen LogP contribution in [0.25, 0.3) is 0 Å². The summed E-state index contributed by atoms with van der Waals surface area (Å²) in [5.74, 6) is 1.23. The lowest BCUT2D eigenvalue weighted by Gasteiger charge is -2.19. The summed E-state index contributed by atoms with van der Waals surface area (Å²) in [4.78, 5) is 12.5. The van der Waals surface area contributed by atoms with Crippen LogP contribution in [0.3, 0.4) is 0 Å². The fourth-order valence-corrected chi connectivity index (χ4v) is 3.33. The van der Waals surface area contributed by atoms with Crippen LogP contribution in [0.4, 0.5) is 0 Å². The Hall–Kier alpha value is -1.71. The van der Waals surface area contributed by atoms with Crippen molar-refractivity contribution in [3.63, 3.8) is 0 Å². The molecule has 1 amide bonds. The number of nitrogens with one attached hydrogen (secondary N) is 1. The van der Waals surface area contributed by atoms with Gasteiger partial charge in [-0.15, -0.1) is 0 Å². The van der Waals surface area contributed by atoms with Crippen molar-refractivity contribution in [2.45, 2.75) is 25.3 Å². The van der Waals surface area contributed by atoms with Crippen LogP contribution < -0.4 is 10.1 Å². The number of methoxy groups -OCH3 is 1. The van der Waals surface area contributed by atoms with Crippen molar-refractivity contribution in [1.29, 1.82) is 0 Å². The van der Waals surface area contributed by atoms with Crippen LogP contribution in [0, 0.1) is 5.92 Å². The van der Waals surface area contributed by atoms with Crippen LogP contribution in [0.15, 0.2) is 42.5 Å². The second-order valence-corrected chi connectivity index (χ2v) is 6.85. The van der Waals surface area contributed by atoms with Crippen molar-refractivity contribution in [2.75, 3.05) is 7.11 Å². The smallest absolute Gasteiger partial charge is 0.225 e. The van der Waals surface area contributed by atoms with Crippen molar-refractivity contribution in [3.05, 3.63) is 63.6 Å². The first-order valence-electron chi connectivity index (χ1n) is 7.94. The molecule has 0 spiro atoms. The molecule has 0 aliphatic heterocycles. The lowest BCUT2D eigenvalue weighted by atomic mass is 10.0. The van der Waals surface area contributed by atoms with E-state index < -0.39 is 0 Å². The highest BCUT2D eigenvalue weighted by molar-refractivity contribution is 6.36. The van der Waals surface area contributed by atoms with Crippen LogP contribution >= 0.6 is 23.2 Å². The van der Waals surface area contributed by atoms with Gasteiger partial charge in [0.05, 0.1) is 19.6 Å². The van der Waals surface area contributed by atoms with Gasteiger partial charge in [-0.2, -0.15) is 0 Å². The third-order valence-electron chi connectivity index (χ3n) is 4.28. The van der Waals surface area contributed by atoms with Crippen molar-refractivity contribution in [2.24, 2.45) is 5.92 Å². The highest BCUT2D eigenvalue weighted by atomic mass is 35.5. The summed E-state index contributed by atoms with van der Waals surface area (Å²) in [6, 6.07) is 13.1. The third-order valence-corrected chi connectivity index (χ3v) is 4.99. The quantitative estimate of drug-likeness (QED) is 0.799. The highest BCUT2D eigenvalue weighted by Crippen LogP contribution is 2.41. The maximum absolute atomic E-state index is 12.5. The molecule has 1 unspecified atom stereocenters. The van der Waals surface area contributed by atoms with Crippen molar-refractivity contribution < 1.29 is 9.53 Å². The van der Waals surface area contributed by atoms with Crippen molar-refractivity contribution in [3.8, 4) is 5.75 Å². The van der Waals surface area contributed by atoms with Gasteiger partial charge in [0.1, 0.15) is 5.75 Å². The fourth-order valence-electron chi connectivity index (χ4n) is 2.80. The first kappa shape index (κ1) is 17.1. The second kappa shape index (κ2) is 7.45. The molecular weight excluding hydrogens is 345 g/mol. The van der Waals surface area contributed by atoms with E-state index in [-0.39, 0.29) is 18.4 Å². The molecule has 0 heterocycles. The Morgan fingerprint density at radius 3 is 2.33 bits per heavy atom. The molecule has 0 radical (unpaired) electrons. The van der Waals surface area contributed by atoms with E-state index in [2.05, 4.69) is 5.32 Å². The molecule has 0 bridgehead atoms. The number of halogens is 2. The normalized spacial score (nSPS) is 15.0. The molecular formula is C19H19Cl2NO2. The predicted molar refractivity (Wildman–Crippen MR) is 96.8 cm³/mol. The van der Waals surface area contributed by atoms with Gasteiger partial charge >= 0.3 is 0 Å². The van der Waals surface area contributed by atoms with Gasteiger partial charge in [-0.3, -0.25) is 4.79 Å². The first-order valence-corrected chi connectivity index (χ1v) is 8.70. The zero-order chi connectivity index (χ0) is 17.1. The summed E-state index contributed by atoms with van der Waals surface area (Å²) in [6.07, 6.45) is 2.44. The van der Waals surface area contributed by atoms with E-state index in [1.807, 2.05) is 24.3 Å². The molecule has 3 nitrogen and oxygen atoms in total. The molecule has 1 fully saturated rings. The summed E-state index contributed by atoms with van der Waals surface area (Å²) < 4.78 is 5.19. The molecule has 3 rings (SSSR count). The molecule has 1 saturated carbocycles. The van der Waals surface area contributed by atoms with Gasteiger partial charge in [0, 0.05) is 10.0 Å². The van der Waals surface area contributed by atoms with Gasteiger partial charge in [0.25, 0.3) is 0 Å². The maximum atomic E-state index is 12.5. The standard InChI is InChI=1S/C19H19Cl2NO2/c1-24-14-9-7-13(8-10-14)19(12-5-6-12)22-18(23)11-15-16(20)3-2-4-17(15)21/h2-4,7-10,12,19H,5-6,11H2,1H3,(H,22,23). The van der Waals surface area contributed by atoms with E-state index in [0.29, 0.717) is 21.5 Å². The van der Waals surface area contributed by atoms with Gasteiger partial charge in [-0.1, -0.05) is 41.4 Å². The minimum Gasteiger partial charge on any atom is -0.497 e. The molecule has 1 aliphatic rings. The largest absolute Gasteiger partial charge is 0.497 e. The number of rotatable bonds is 6. The molecule has 1 N–H and O–H groups in total. The van der Waals surface area contributed by atoms with Gasteiger partial charge < -0.3 is 10.1 Å². The zero-order valence-electron chi connectivity index (χ0n) is 13.4. The monoisotopic (exact) mass is 363 g/mol. The van der Waals surface area contributed by atoms with Crippen molar-refractivity contribution >= 4 is 29.1 Å². The number of amides is 1. The number of carbonyl (C=O) groups excluding carboxylic acids is 1. The molecule has 1 atom stereocenters. The van der Waals surface area contributed by atoms with Gasteiger partial charge in [0.2, 0.25) is 5.91 Å². The molecule has 1 aliphatic carbocycles. The van der Waals surface area contributed by atoms with Crippen LogP contribution in [0.1, 0.15) is 30.0 Å². The molecule has 126 valence electrons. The number of carbonyl (C=O) groups is 1. The Kier molecular flexibility index (Phi) is 5.32. The minimum atomic E-state index is -0.0716. The van der Waals surface area contributed by atoms with Crippen LogP contribution in [-0.4, -0.2) is 13.0 Å². The summed E-state index contributed by atoms with van der Waals surface area (Å²) in [7, 11) is 1.64. The van der Waals surface area contributed by atoms with E-state index in [1.165, 1.54) is 0 Å². The number of ether oxygens (including phenoxy) is 1. The third kappa shape index (κ3) is 4.03. The average molecular weight is 364 g/mol. The van der Waals surface area contributed by atoms with Crippen molar-refractivity contribution in [1.82, 2.24) is 5.32 Å². The Bertz CT molecular complexity index is 706. The summed E-state index contributed by atoms with van der Waals surface area (Å²) >= 11 is 12.3. The van der Waals surface area contributed by atoms with Crippen LogP contribution in [0.2, 0.25) is 10.0 Å². The van der Waals surface area contributed by atoms with E-state index in [9.17, 15) is 4.79 Å². The second-order valence-electron chi connectivity index (χ2n) is 6.03. The van der Waals surface area contributed by atoms with Gasteiger partial charge in [-0.05, 0) is 54.2 Å². The number of hydrogen-bond donors (Lipinski definition) is 1. The molecule has 24 heavy (non-hydrogen) atoms. The zero-order valence-corrected chi connectivity index (χ0v) is 14.9. The van der Waals surface area contributed by atoms with E-state index in [1.54, 1.807) is 25.3 Å². The Morgan fingerprint density at radius 1 is 1.17 bits per heavy atom. The molecule has 2 aromatic carbocycles. The minimum absolute atomic E-state index is 0.0182. The Balaban J connectivity index is 1.72.